The van der Waals surface area contributed by atoms with E-state index in [9.17, 15) is 53.7 Å². The third kappa shape index (κ3) is 15.4. The Balaban J connectivity index is 3.78. The fourth-order valence-corrected chi connectivity index (χ4v) is 6.22. The molecule has 11 atom stereocenters. The minimum absolute atomic E-state index is 0.102. The van der Waals surface area contributed by atoms with E-state index in [2.05, 4.69) is 21.3 Å². The van der Waals surface area contributed by atoms with Gasteiger partial charge in [0.05, 0.1) is 25.2 Å². The van der Waals surface area contributed by atoms with Gasteiger partial charge in [0.1, 0.15) is 42.5 Å². The number of esters is 1. The number of carbonyl (C=O) groups excluding carboxylic acids is 8. The van der Waals surface area contributed by atoms with E-state index in [0.717, 1.165) is 24.3 Å². The molecule has 0 aliphatic carbocycles. The summed E-state index contributed by atoms with van der Waals surface area (Å²) >= 11 is 0. The van der Waals surface area contributed by atoms with Gasteiger partial charge in [0, 0.05) is 19.0 Å². The van der Waals surface area contributed by atoms with Crippen LogP contribution in [0.5, 0.6) is 0 Å². The number of likely N-dealkylation sites (N-methyl/N-ethyl adjacent to an activating group) is 1. The quantitative estimate of drug-likeness (QED) is 0.112. The van der Waals surface area contributed by atoms with Crippen molar-refractivity contribution in [1.29, 1.82) is 0 Å². The molecular formula is C37H61N7O13. The van der Waals surface area contributed by atoms with Gasteiger partial charge in [0.25, 0.3) is 5.91 Å². The number of nitrogens with zero attached hydrogens (tertiary/aromatic N) is 1. The molecule has 1 heterocycles. The molecule has 57 heavy (non-hydrogen) atoms. The number of cyclic esters (lactones) is 1. The summed E-state index contributed by atoms with van der Waals surface area (Å²) in [5.74, 6) is -10.1. The van der Waals surface area contributed by atoms with Crippen molar-refractivity contribution in [3.8, 4) is 0 Å². The number of hydrogen-bond donors (Lipinski definition) is 9. The number of ether oxygens (including phenoxy) is 2. The van der Waals surface area contributed by atoms with E-state index in [1.807, 2.05) is 13.8 Å². The highest BCUT2D eigenvalue weighted by Crippen LogP contribution is 2.27. The Morgan fingerprint density at radius 1 is 0.947 bits per heavy atom. The lowest BCUT2D eigenvalue weighted by atomic mass is 9.85. The number of primary amides is 2. The minimum Gasteiger partial charge on any atom is -0.460 e. The molecule has 1 aliphatic heterocycles. The van der Waals surface area contributed by atoms with Crippen LogP contribution in [0.25, 0.3) is 0 Å². The second-order valence-corrected chi connectivity index (χ2v) is 14.6. The molecule has 11 unspecified atom stereocenters. The molecule has 0 spiro atoms. The van der Waals surface area contributed by atoms with Crippen molar-refractivity contribution < 1.29 is 63.1 Å². The Morgan fingerprint density at radius 3 is 2.09 bits per heavy atom. The molecule has 0 radical (unpaired) electrons. The van der Waals surface area contributed by atoms with E-state index >= 15 is 0 Å². The lowest BCUT2D eigenvalue weighted by Crippen LogP contribution is -2.63. The van der Waals surface area contributed by atoms with Crippen LogP contribution in [0.1, 0.15) is 67.7 Å². The highest BCUT2D eigenvalue weighted by atomic mass is 16.6. The SMILES string of the molecule is CCCC(C)C1OC(=O)C(C(C)C)N(C)C(=O)C(CO)NC(=O)C(C(C)C(N)=O)NC(=O)C(C(C)OC(N)=O)NC(=O)C(O)CNC(=O)C=CC=CCC(O)C1C. The summed E-state index contributed by atoms with van der Waals surface area (Å²) in [6, 6.07) is -6.71. The highest BCUT2D eigenvalue weighted by Gasteiger charge is 2.41. The molecule has 11 N–H and O–H groups in total. The van der Waals surface area contributed by atoms with Crippen molar-refractivity contribution in [1.82, 2.24) is 26.2 Å². The fourth-order valence-electron chi connectivity index (χ4n) is 6.22. The van der Waals surface area contributed by atoms with Crippen LogP contribution < -0.4 is 32.7 Å². The normalized spacial score (nSPS) is 28.6. The van der Waals surface area contributed by atoms with Gasteiger partial charge in [-0.1, -0.05) is 66.2 Å². The number of β-amino-alcohol motifs (C(OH)–C–C–N with tert-alkyl or cyclic N) is 1. The van der Waals surface area contributed by atoms with Crippen molar-refractivity contribution in [2.45, 2.75) is 116 Å². The molecule has 0 saturated carbocycles. The van der Waals surface area contributed by atoms with Gasteiger partial charge in [-0.15, -0.1) is 0 Å². The lowest BCUT2D eigenvalue weighted by molar-refractivity contribution is -0.169. The third-order valence-electron chi connectivity index (χ3n) is 9.64. The van der Waals surface area contributed by atoms with Crippen LogP contribution in [0.3, 0.4) is 0 Å². The van der Waals surface area contributed by atoms with Crippen molar-refractivity contribution in [3.05, 3.63) is 24.3 Å². The maximum Gasteiger partial charge on any atom is 0.404 e. The number of rotatable bonds is 9. The first-order valence-corrected chi connectivity index (χ1v) is 18.8. The summed E-state index contributed by atoms with van der Waals surface area (Å²) in [5, 5.41) is 40.8. The Labute approximate surface area is 332 Å². The maximum atomic E-state index is 13.9. The van der Waals surface area contributed by atoms with Gasteiger partial charge in [-0.3, -0.25) is 28.8 Å². The smallest absolute Gasteiger partial charge is 0.404 e. The largest absolute Gasteiger partial charge is 0.460 e. The summed E-state index contributed by atoms with van der Waals surface area (Å²) in [5.41, 5.74) is 10.6. The second kappa shape index (κ2) is 23.9. The Kier molecular flexibility index (Phi) is 20.9. The topological polar surface area (TPSA) is 319 Å². The van der Waals surface area contributed by atoms with Gasteiger partial charge in [0.15, 0.2) is 0 Å². The molecule has 0 aromatic heterocycles. The van der Waals surface area contributed by atoms with Crippen LogP contribution in [0, 0.1) is 23.7 Å². The molecular weight excluding hydrogens is 750 g/mol. The van der Waals surface area contributed by atoms with Crippen molar-refractivity contribution in [3.63, 3.8) is 0 Å². The number of carbonyl (C=O) groups is 8. The Hall–Kier alpha value is -5.08. The fraction of sp³-hybridized carbons (Fsp3) is 0.676. The number of aliphatic hydroxyl groups excluding tert-OH is 3. The zero-order chi connectivity index (χ0) is 43.7. The summed E-state index contributed by atoms with van der Waals surface area (Å²) in [7, 11) is 1.27. The van der Waals surface area contributed by atoms with E-state index in [1.165, 1.54) is 26.1 Å². The second-order valence-electron chi connectivity index (χ2n) is 14.6. The molecule has 0 aromatic rings. The summed E-state index contributed by atoms with van der Waals surface area (Å²) in [6.07, 6.45) is 0.332. The third-order valence-corrected chi connectivity index (χ3v) is 9.64. The zero-order valence-corrected chi connectivity index (χ0v) is 33.8. The monoisotopic (exact) mass is 811 g/mol. The first-order valence-electron chi connectivity index (χ1n) is 18.8. The van der Waals surface area contributed by atoms with Crippen LogP contribution in [-0.2, 0) is 43.0 Å². The molecule has 20 heteroatoms. The molecule has 322 valence electrons. The minimum atomic E-state index is -1.95. The number of amides is 7. The molecule has 0 fully saturated rings. The predicted molar refractivity (Wildman–Crippen MR) is 204 cm³/mol. The molecule has 20 nitrogen and oxygen atoms in total. The average Bonchev–Trinajstić information content (AvgIpc) is 3.13. The van der Waals surface area contributed by atoms with Gasteiger partial charge in [0.2, 0.25) is 29.5 Å². The number of hydrogen-bond acceptors (Lipinski definition) is 13. The van der Waals surface area contributed by atoms with Crippen LogP contribution in [0.2, 0.25) is 0 Å². The van der Waals surface area contributed by atoms with E-state index in [0.29, 0.717) is 6.42 Å². The van der Waals surface area contributed by atoms with Gasteiger partial charge in [-0.25, -0.2) is 9.59 Å². The number of aliphatic hydroxyl groups is 3. The first-order chi connectivity index (χ1) is 26.6. The number of nitrogens with two attached hydrogens (primary N) is 2. The standard InChI is InChI=1S/C37H61N7O13/c1-9-13-19(4)30-20(5)24(46)14-11-10-12-15-26(48)40-16-25(47)32(50)43-28(22(7)56-37(39)55)34(52)42-27(21(6)31(38)49)33(51)41-23(17-45)35(53)44(8)29(18(2)3)36(54)57-30/h10-12,15,18-25,27-30,45-47H,9,13-14,16-17H2,1-8H3,(H2,38,49)(H2,39,55)(H,40,48)(H,41,51)(H,42,52)(H,43,50). The lowest BCUT2D eigenvalue weighted by Gasteiger charge is -2.36. The van der Waals surface area contributed by atoms with Crippen molar-refractivity contribution in [2.75, 3.05) is 20.2 Å². The summed E-state index contributed by atoms with van der Waals surface area (Å²) in [4.78, 5) is 105. The Bertz CT molecular complexity index is 1490. The van der Waals surface area contributed by atoms with Crippen LogP contribution in [0.4, 0.5) is 4.79 Å². The van der Waals surface area contributed by atoms with E-state index in [1.54, 1.807) is 26.8 Å². The molecule has 1 aliphatic rings. The predicted octanol–water partition coefficient (Wildman–Crippen LogP) is -2.14. The first kappa shape index (κ1) is 49.9. The van der Waals surface area contributed by atoms with Crippen LogP contribution in [-0.4, -0.2) is 137 Å². The molecule has 1 rings (SSSR count). The van der Waals surface area contributed by atoms with Crippen LogP contribution >= 0.6 is 0 Å². The average molecular weight is 812 g/mol. The van der Waals surface area contributed by atoms with Crippen molar-refractivity contribution in [2.24, 2.45) is 35.1 Å². The summed E-state index contributed by atoms with van der Waals surface area (Å²) < 4.78 is 10.9. The molecule has 0 saturated heterocycles. The van der Waals surface area contributed by atoms with Gasteiger partial charge in [-0.2, -0.15) is 0 Å². The molecule has 7 amide bonds. The molecule has 0 bridgehead atoms. The van der Waals surface area contributed by atoms with E-state index in [-0.39, 0.29) is 12.3 Å². The Morgan fingerprint density at radius 2 is 1.54 bits per heavy atom. The van der Waals surface area contributed by atoms with Gasteiger partial charge < -0.3 is 62.4 Å². The molecule has 0 aromatic carbocycles. The number of nitrogens with one attached hydrogen (secondary N) is 4. The van der Waals surface area contributed by atoms with E-state index in [4.69, 9.17) is 20.9 Å². The van der Waals surface area contributed by atoms with Crippen molar-refractivity contribution >= 4 is 47.5 Å². The number of allylic oxidation sites excluding steroid dienone is 2. The maximum absolute atomic E-state index is 13.9. The van der Waals surface area contributed by atoms with E-state index < -0.39 is 127 Å². The zero-order valence-electron chi connectivity index (χ0n) is 33.8. The summed E-state index contributed by atoms with van der Waals surface area (Å²) in [6.45, 7) is 9.51. The van der Waals surface area contributed by atoms with Gasteiger partial charge in [-0.05, 0) is 31.6 Å². The highest BCUT2D eigenvalue weighted by molar-refractivity contribution is 5.98. The van der Waals surface area contributed by atoms with Crippen LogP contribution in [0.15, 0.2) is 24.3 Å². The van der Waals surface area contributed by atoms with Gasteiger partial charge >= 0.3 is 12.1 Å².